The summed E-state index contributed by atoms with van der Waals surface area (Å²) in [6.45, 7) is 4.32. The van der Waals surface area contributed by atoms with E-state index in [2.05, 4.69) is 10.00 Å². The first kappa shape index (κ1) is 18.2. The van der Waals surface area contributed by atoms with Crippen molar-refractivity contribution in [3.63, 3.8) is 0 Å². The number of anilines is 1. The lowest BCUT2D eigenvalue weighted by molar-refractivity contribution is -0.116. The summed E-state index contributed by atoms with van der Waals surface area (Å²) in [5.41, 5.74) is 8.97. The van der Waals surface area contributed by atoms with Crippen molar-refractivity contribution >= 4 is 28.8 Å². The van der Waals surface area contributed by atoms with Crippen LogP contribution in [-0.2, 0) is 4.79 Å². The van der Waals surface area contributed by atoms with Gasteiger partial charge in [-0.1, -0.05) is 18.2 Å². The number of aldehydes is 1. The third kappa shape index (κ3) is 3.25. The molecule has 28 heavy (non-hydrogen) atoms. The summed E-state index contributed by atoms with van der Waals surface area (Å²) in [6.07, 6.45) is 0.416. The van der Waals surface area contributed by atoms with E-state index in [-0.39, 0.29) is 5.91 Å². The Balaban J connectivity index is 1.51. The van der Waals surface area contributed by atoms with Crippen LogP contribution in [0, 0.1) is 6.92 Å². The molecule has 0 radical (unpaired) electrons. The molecule has 144 valence electrons. The molecule has 1 amide bonds. The molecule has 0 aliphatic carbocycles. The van der Waals surface area contributed by atoms with Crippen molar-refractivity contribution in [2.45, 2.75) is 13.1 Å². The second-order valence-electron chi connectivity index (χ2n) is 7.05. The number of carbonyl (C=O) groups is 2. The lowest BCUT2D eigenvalue weighted by Gasteiger charge is -2.37. The molecular formula is C21H23N5O2. The van der Waals surface area contributed by atoms with Crippen LogP contribution in [0.1, 0.15) is 22.2 Å². The van der Waals surface area contributed by atoms with Crippen molar-refractivity contribution in [2.75, 3.05) is 31.9 Å². The zero-order chi connectivity index (χ0) is 19.7. The Labute approximate surface area is 163 Å². The highest BCUT2D eigenvalue weighted by molar-refractivity contribution is 5.94. The molecule has 2 heterocycles. The first-order chi connectivity index (χ1) is 13.6. The molecule has 0 saturated carbocycles. The summed E-state index contributed by atoms with van der Waals surface area (Å²) in [6, 6.07) is 14.8. The number of nitrogen functional groups attached to an aromatic ring is 1. The first-order valence-corrected chi connectivity index (χ1v) is 9.36. The summed E-state index contributed by atoms with van der Waals surface area (Å²) >= 11 is 0. The predicted molar refractivity (Wildman–Crippen MR) is 108 cm³/mol. The number of piperazine rings is 1. The van der Waals surface area contributed by atoms with Crippen LogP contribution in [0.2, 0.25) is 0 Å². The largest absolute Gasteiger partial charge is 0.399 e. The van der Waals surface area contributed by atoms with E-state index in [1.54, 1.807) is 4.68 Å². The Morgan fingerprint density at radius 1 is 1.11 bits per heavy atom. The van der Waals surface area contributed by atoms with E-state index in [1.165, 1.54) is 0 Å². The van der Waals surface area contributed by atoms with Gasteiger partial charge in [-0.3, -0.25) is 14.5 Å². The van der Waals surface area contributed by atoms with Gasteiger partial charge in [0.25, 0.3) is 5.91 Å². The molecule has 7 nitrogen and oxygen atoms in total. The van der Waals surface area contributed by atoms with Gasteiger partial charge in [-0.05, 0) is 37.3 Å². The van der Waals surface area contributed by atoms with E-state index in [0.717, 1.165) is 22.9 Å². The lowest BCUT2D eigenvalue weighted by atomic mass is 10.2. The second kappa shape index (κ2) is 7.44. The quantitative estimate of drug-likeness (QED) is 0.556. The van der Waals surface area contributed by atoms with Gasteiger partial charge in [0.1, 0.15) is 0 Å². The van der Waals surface area contributed by atoms with Gasteiger partial charge < -0.3 is 10.6 Å². The van der Waals surface area contributed by atoms with Crippen molar-refractivity contribution in [3.05, 3.63) is 59.8 Å². The maximum absolute atomic E-state index is 12.6. The topological polar surface area (TPSA) is 84.5 Å². The third-order valence-corrected chi connectivity index (χ3v) is 5.34. The summed E-state index contributed by atoms with van der Waals surface area (Å²) in [5, 5.41) is 5.56. The van der Waals surface area contributed by atoms with Crippen molar-refractivity contribution in [3.8, 4) is 0 Å². The van der Waals surface area contributed by atoms with Crippen LogP contribution in [0.3, 0.4) is 0 Å². The van der Waals surface area contributed by atoms with E-state index in [0.29, 0.717) is 37.4 Å². The highest BCUT2D eigenvalue weighted by Crippen LogP contribution is 2.25. The molecule has 1 aliphatic rings. The van der Waals surface area contributed by atoms with E-state index in [1.807, 2.05) is 60.4 Å². The van der Waals surface area contributed by atoms with Crippen LogP contribution in [-0.4, -0.2) is 58.0 Å². The average molecular weight is 377 g/mol. The molecule has 1 unspecified atom stereocenters. The number of benzene rings is 2. The van der Waals surface area contributed by atoms with Crippen LogP contribution < -0.4 is 5.73 Å². The van der Waals surface area contributed by atoms with Crippen LogP contribution in [0.25, 0.3) is 10.9 Å². The van der Waals surface area contributed by atoms with Crippen LogP contribution in [0.4, 0.5) is 5.69 Å². The molecule has 1 aromatic heterocycles. The number of nitrogens with zero attached hydrogens (tertiary/aromatic N) is 4. The summed E-state index contributed by atoms with van der Waals surface area (Å²) in [5.74, 6) is 0.0272. The van der Waals surface area contributed by atoms with Crippen LogP contribution >= 0.6 is 0 Å². The zero-order valence-corrected chi connectivity index (χ0v) is 15.8. The minimum atomic E-state index is -0.498. The monoisotopic (exact) mass is 377 g/mol. The Morgan fingerprint density at radius 3 is 2.50 bits per heavy atom. The normalized spacial score (nSPS) is 16.2. The molecular weight excluding hydrogens is 354 g/mol. The molecule has 1 atom stereocenters. The summed E-state index contributed by atoms with van der Waals surface area (Å²) in [7, 11) is 0. The fourth-order valence-corrected chi connectivity index (χ4v) is 3.75. The van der Waals surface area contributed by atoms with E-state index in [9.17, 15) is 9.59 Å². The van der Waals surface area contributed by atoms with E-state index < -0.39 is 6.17 Å². The number of nitrogens with two attached hydrogens (primary N) is 1. The minimum Gasteiger partial charge on any atom is -0.399 e. The molecule has 3 aromatic rings. The molecule has 1 aliphatic heterocycles. The predicted octanol–water partition coefficient (Wildman–Crippen LogP) is 2.08. The number of hydrogen-bond donors (Lipinski definition) is 1. The van der Waals surface area contributed by atoms with Crippen molar-refractivity contribution in [1.29, 1.82) is 0 Å². The minimum absolute atomic E-state index is 0.0272. The molecule has 0 spiro atoms. The maximum Gasteiger partial charge on any atom is 0.253 e. The van der Waals surface area contributed by atoms with Crippen molar-refractivity contribution in [1.82, 2.24) is 19.6 Å². The Morgan fingerprint density at radius 2 is 1.82 bits per heavy atom. The number of amides is 1. The highest BCUT2D eigenvalue weighted by Gasteiger charge is 2.29. The fourth-order valence-electron chi connectivity index (χ4n) is 3.75. The summed E-state index contributed by atoms with van der Waals surface area (Å²) in [4.78, 5) is 28.5. The fraction of sp³-hybridized carbons (Fsp3) is 0.286. The molecule has 1 fully saturated rings. The molecule has 2 N–H and O–H groups in total. The smallest absolute Gasteiger partial charge is 0.253 e. The van der Waals surface area contributed by atoms with Crippen LogP contribution in [0.15, 0.2) is 48.5 Å². The maximum atomic E-state index is 12.6. The number of rotatable bonds is 4. The molecule has 0 bridgehead atoms. The van der Waals surface area contributed by atoms with Gasteiger partial charge in [0, 0.05) is 48.5 Å². The Hall–Kier alpha value is -3.19. The SMILES string of the molecule is Cc1c2cc(N)ccc2nn1C(C=O)N1CCN(C(=O)c2ccccc2)CC1. The third-order valence-electron chi connectivity index (χ3n) is 5.34. The highest BCUT2D eigenvalue weighted by atomic mass is 16.2. The van der Waals surface area contributed by atoms with E-state index in [4.69, 9.17) is 5.73 Å². The average Bonchev–Trinajstić information content (AvgIpc) is 3.05. The van der Waals surface area contributed by atoms with Gasteiger partial charge in [-0.15, -0.1) is 0 Å². The van der Waals surface area contributed by atoms with Crippen molar-refractivity contribution in [2.24, 2.45) is 0 Å². The first-order valence-electron chi connectivity index (χ1n) is 9.36. The van der Waals surface area contributed by atoms with Gasteiger partial charge >= 0.3 is 0 Å². The van der Waals surface area contributed by atoms with E-state index >= 15 is 0 Å². The van der Waals surface area contributed by atoms with Gasteiger partial charge in [0.05, 0.1) is 5.52 Å². The Bertz CT molecular complexity index is 1010. The number of aryl methyl sites for hydroxylation is 1. The van der Waals surface area contributed by atoms with Gasteiger partial charge in [-0.25, -0.2) is 4.68 Å². The lowest BCUT2D eigenvalue weighted by Crippen LogP contribution is -2.51. The number of aromatic nitrogens is 2. The summed E-state index contributed by atoms with van der Waals surface area (Å²) < 4.78 is 1.76. The Kier molecular flexibility index (Phi) is 4.83. The zero-order valence-electron chi connectivity index (χ0n) is 15.8. The van der Waals surface area contributed by atoms with Gasteiger partial charge in [0.2, 0.25) is 0 Å². The van der Waals surface area contributed by atoms with Gasteiger partial charge in [0.15, 0.2) is 12.5 Å². The van der Waals surface area contributed by atoms with Gasteiger partial charge in [-0.2, -0.15) is 5.10 Å². The standard InChI is InChI=1S/C21H23N5O2/c1-15-18-13-17(22)7-8-19(18)23-26(15)20(14-27)24-9-11-25(12-10-24)21(28)16-5-3-2-4-6-16/h2-8,13-14,20H,9-12,22H2,1H3. The van der Waals surface area contributed by atoms with Crippen molar-refractivity contribution < 1.29 is 9.59 Å². The number of fused-ring (bicyclic) bond motifs is 1. The number of carbonyl (C=O) groups excluding carboxylic acids is 2. The molecule has 7 heteroatoms. The second-order valence-corrected chi connectivity index (χ2v) is 7.05. The number of hydrogen-bond acceptors (Lipinski definition) is 5. The van der Waals surface area contributed by atoms with Crippen LogP contribution in [0.5, 0.6) is 0 Å². The molecule has 2 aromatic carbocycles. The molecule has 1 saturated heterocycles. The molecule has 4 rings (SSSR count).